The standard InChI is InChI=1S/C20H22BrN3O3/c1-5-26-18-9-14(16(21)10-19(18)27-6-2)8-17(25)15(11-22)20-23-12(3)7-13(4)24-20/h7,9-10,15H,5-6,8H2,1-4H3/t15-/m1/s1. The van der Waals surface area contributed by atoms with Crippen LogP contribution in [0.4, 0.5) is 0 Å². The molecule has 0 amide bonds. The first-order valence-corrected chi connectivity index (χ1v) is 9.51. The monoisotopic (exact) mass is 431 g/mol. The lowest BCUT2D eigenvalue weighted by Crippen LogP contribution is -2.17. The number of ether oxygens (including phenoxy) is 2. The molecule has 142 valence electrons. The number of Topliss-reactive ketones (excluding diaryl/α,β-unsaturated/α-hetero) is 1. The Balaban J connectivity index is 2.32. The Morgan fingerprint density at radius 3 is 2.19 bits per heavy atom. The molecule has 0 N–H and O–H groups in total. The summed E-state index contributed by atoms with van der Waals surface area (Å²) < 4.78 is 11.9. The number of halogens is 1. The fourth-order valence-corrected chi connectivity index (χ4v) is 3.16. The summed E-state index contributed by atoms with van der Waals surface area (Å²) in [4.78, 5) is 21.3. The van der Waals surface area contributed by atoms with Crippen LogP contribution in [0.25, 0.3) is 0 Å². The van der Waals surface area contributed by atoms with Gasteiger partial charge in [-0.2, -0.15) is 5.26 Å². The van der Waals surface area contributed by atoms with Crippen molar-refractivity contribution >= 4 is 21.7 Å². The van der Waals surface area contributed by atoms with Crippen LogP contribution in [-0.2, 0) is 11.2 Å². The average molecular weight is 432 g/mol. The minimum absolute atomic E-state index is 0.0572. The molecule has 0 saturated carbocycles. The van der Waals surface area contributed by atoms with Gasteiger partial charge in [0.15, 0.2) is 29.0 Å². The molecular formula is C20H22BrN3O3. The lowest BCUT2D eigenvalue weighted by Gasteiger charge is -2.15. The number of nitrogens with zero attached hydrogens (tertiary/aromatic N) is 3. The van der Waals surface area contributed by atoms with Gasteiger partial charge in [-0.25, -0.2) is 9.97 Å². The first kappa shape index (κ1) is 20.8. The summed E-state index contributed by atoms with van der Waals surface area (Å²) in [6.45, 7) is 8.38. The molecule has 1 aromatic heterocycles. The molecule has 0 radical (unpaired) electrons. The molecule has 1 aromatic carbocycles. The van der Waals surface area contributed by atoms with Gasteiger partial charge in [-0.1, -0.05) is 15.9 Å². The number of carbonyl (C=O) groups excluding carboxylic acids is 1. The van der Waals surface area contributed by atoms with Gasteiger partial charge in [0.05, 0.1) is 19.3 Å². The summed E-state index contributed by atoms with van der Waals surface area (Å²) in [5, 5.41) is 9.52. The summed E-state index contributed by atoms with van der Waals surface area (Å²) >= 11 is 3.48. The van der Waals surface area contributed by atoms with Crippen LogP contribution in [0.3, 0.4) is 0 Å². The van der Waals surface area contributed by atoms with E-state index in [1.165, 1.54) is 0 Å². The summed E-state index contributed by atoms with van der Waals surface area (Å²) in [5.74, 6) is 0.137. The number of hydrogen-bond acceptors (Lipinski definition) is 6. The Morgan fingerprint density at radius 2 is 1.67 bits per heavy atom. The second-order valence-electron chi connectivity index (χ2n) is 5.97. The van der Waals surface area contributed by atoms with E-state index in [0.29, 0.717) is 24.7 Å². The van der Waals surface area contributed by atoms with Crippen molar-refractivity contribution < 1.29 is 14.3 Å². The average Bonchev–Trinajstić information content (AvgIpc) is 2.59. The Morgan fingerprint density at radius 1 is 1.11 bits per heavy atom. The highest BCUT2D eigenvalue weighted by Crippen LogP contribution is 2.34. The van der Waals surface area contributed by atoms with E-state index in [1.807, 2.05) is 33.8 Å². The molecule has 0 bridgehead atoms. The molecule has 0 aliphatic rings. The number of benzene rings is 1. The number of carbonyl (C=O) groups is 1. The highest BCUT2D eigenvalue weighted by molar-refractivity contribution is 9.10. The van der Waals surface area contributed by atoms with Crippen molar-refractivity contribution in [3.63, 3.8) is 0 Å². The van der Waals surface area contributed by atoms with E-state index >= 15 is 0 Å². The zero-order chi connectivity index (χ0) is 20.0. The fraction of sp³-hybridized carbons (Fsp3) is 0.400. The summed E-state index contributed by atoms with van der Waals surface area (Å²) in [6, 6.07) is 7.40. The van der Waals surface area contributed by atoms with Crippen LogP contribution < -0.4 is 9.47 Å². The van der Waals surface area contributed by atoms with Crippen LogP contribution in [0.1, 0.15) is 42.5 Å². The van der Waals surface area contributed by atoms with E-state index in [4.69, 9.17) is 9.47 Å². The van der Waals surface area contributed by atoms with Crippen LogP contribution >= 0.6 is 15.9 Å². The Hall–Kier alpha value is -2.46. The SMILES string of the molecule is CCOc1cc(Br)c(CC(=O)[C@@H](C#N)c2nc(C)cc(C)n2)cc1OCC. The third kappa shape index (κ3) is 5.27. The molecule has 1 atom stereocenters. The Bertz CT molecular complexity index is 857. The van der Waals surface area contributed by atoms with Crippen molar-refractivity contribution in [3.05, 3.63) is 45.4 Å². The maximum Gasteiger partial charge on any atom is 0.164 e. The number of ketones is 1. The molecule has 1 heterocycles. The number of hydrogen-bond donors (Lipinski definition) is 0. The fourth-order valence-electron chi connectivity index (χ4n) is 2.70. The number of aryl methyl sites for hydroxylation is 2. The van der Waals surface area contributed by atoms with Crippen molar-refractivity contribution in [2.24, 2.45) is 0 Å². The smallest absolute Gasteiger partial charge is 0.164 e. The molecule has 0 spiro atoms. The van der Waals surface area contributed by atoms with Gasteiger partial charge in [-0.05, 0) is 51.5 Å². The van der Waals surface area contributed by atoms with Gasteiger partial charge in [0.25, 0.3) is 0 Å². The predicted octanol–water partition coefficient (Wildman–Crippen LogP) is 4.07. The summed E-state index contributed by atoms with van der Waals surface area (Å²) in [6.07, 6.45) is 0.0572. The quantitative estimate of drug-likeness (QED) is 0.625. The molecule has 0 fully saturated rings. The van der Waals surface area contributed by atoms with Crippen molar-refractivity contribution in [2.75, 3.05) is 13.2 Å². The van der Waals surface area contributed by atoms with Gasteiger partial charge in [0.2, 0.25) is 0 Å². The van der Waals surface area contributed by atoms with Gasteiger partial charge >= 0.3 is 0 Å². The highest BCUT2D eigenvalue weighted by atomic mass is 79.9. The van der Waals surface area contributed by atoms with Gasteiger partial charge in [0, 0.05) is 22.3 Å². The van der Waals surface area contributed by atoms with Gasteiger partial charge in [-0.3, -0.25) is 4.79 Å². The molecule has 0 aliphatic heterocycles. The van der Waals surface area contributed by atoms with Crippen molar-refractivity contribution in [2.45, 2.75) is 40.0 Å². The number of aromatic nitrogens is 2. The predicted molar refractivity (Wildman–Crippen MR) is 105 cm³/mol. The molecule has 2 rings (SSSR count). The van der Waals surface area contributed by atoms with Gasteiger partial charge < -0.3 is 9.47 Å². The Kier molecular flexibility index (Phi) is 7.31. The maximum absolute atomic E-state index is 12.8. The van der Waals surface area contributed by atoms with Crippen LogP contribution in [0.2, 0.25) is 0 Å². The zero-order valence-corrected chi connectivity index (χ0v) is 17.5. The second kappa shape index (κ2) is 9.47. The summed E-state index contributed by atoms with van der Waals surface area (Å²) in [7, 11) is 0. The third-order valence-corrected chi connectivity index (χ3v) is 4.52. The van der Waals surface area contributed by atoms with E-state index in [-0.39, 0.29) is 18.0 Å². The van der Waals surface area contributed by atoms with Gasteiger partial charge in [-0.15, -0.1) is 0 Å². The lowest BCUT2D eigenvalue weighted by molar-refractivity contribution is -0.118. The number of nitriles is 1. The molecular weight excluding hydrogens is 410 g/mol. The molecule has 0 saturated heterocycles. The van der Waals surface area contributed by atoms with Crippen LogP contribution in [0, 0.1) is 25.2 Å². The van der Waals surface area contributed by atoms with E-state index in [0.717, 1.165) is 21.4 Å². The maximum atomic E-state index is 12.8. The summed E-state index contributed by atoms with van der Waals surface area (Å²) in [5.41, 5.74) is 2.18. The van der Waals surface area contributed by atoms with Crippen molar-refractivity contribution in [1.82, 2.24) is 9.97 Å². The van der Waals surface area contributed by atoms with E-state index in [1.54, 1.807) is 18.2 Å². The Labute approximate surface area is 167 Å². The van der Waals surface area contributed by atoms with Crippen LogP contribution in [0.15, 0.2) is 22.7 Å². The molecule has 27 heavy (non-hydrogen) atoms. The minimum Gasteiger partial charge on any atom is -0.490 e. The molecule has 0 unspecified atom stereocenters. The normalized spacial score (nSPS) is 11.6. The van der Waals surface area contributed by atoms with E-state index in [9.17, 15) is 10.1 Å². The van der Waals surface area contributed by atoms with Crippen LogP contribution in [-0.4, -0.2) is 29.0 Å². The second-order valence-corrected chi connectivity index (χ2v) is 6.82. The highest BCUT2D eigenvalue weighted by Gasteiger charge is 2.25. The topological polar surface area (TPSA) is 85.1 Å². The van der Waals surface area contributed by atoms with Crippen LogP contribution in [0.5, 0.6) is 11.5 Å². The molecule has 6 nitrogen and oxygen atoms in total. The lowest BCUT2D eigenvalue weighted by atomic mass is 9.97. The largest absolute Gasteiger partial charge is 0.490 e. The van der Waals surface area contributed by atoms with Gasteiger partial charge in [0.1, 0.15) is 0 Å². The van der Waals surface area contributed by atoms with E-state index in [2.05, 4.69) is 25.9 Å². The minimum atomic E-state index is -1.02. The number of rotatable bonds is 8. The molecule has 2 aromatic rings. The zero-order valence-electron chi connectivity index (χ0n) is 15.9. The molecule has 0 aliphatic carbocycles. The first-order chi connectivity index (χ1) is 12.9. The first-order valence-electron chi connectivity index (χ1n) is 8.72. The van der Waals surface area contributed by atoms with Crippen molar-refractivity contribution in [1.29, 1.82) is 5.26 Å². The van der Waals surface area contributed by atoms with E-state index < -0.39 is 5.92 Å². The molecule has 7 heteroatoms. The van der Waals surface area contributed by atoms with Crippen molar-refractivity contribution in [3.8, 4) is 17.6 Å². The third-order valence-electron chi connectivity index (χ3n) is 3.79.